The molecule has 2 saturated heterocycles. The van der Waals surface area contributed by atoms with Gasteiger partial charge in [0.1, 0.15) is 0 Å². The zero-order chi connectivity index (χ0) is 19.6. The molecule has 2 heterocycles. The SMILES string of the molecule is CN=C(NCCCCN1CCOCC1)NC(C)c1cccc(N2CCCC2)c1. The topological polar surface area (TPSA) is 52.1 Å². The molecule has 0 bridgehead atoms. The highest BCUT2D eigenvalue weighted by atomic mass is 16.5. The smallest absolute Gasteiger partial charge is 0.191 e. The summed E-state index contributed by atoms with van der Waals surface area (Å²) in [4.78, 5) is 9.37. The van der Waals surface area contributed by atoms with Crippen molar-refractivity contribution < 1.29 is 4.74 Å². The van der Waals surface area contributed by atoms with Crippen LogP contribution in [0.5, 0.6) is 0 Å². The van der Waals surface area contributed by atoms with Gasteiger partial charge in [0, 0.05) is 45.5 Å². The second-order valence-electron chi connectivity index (χ2n) is 7.82. The molecule has 1 aromatic rings. The van der Waals surface area contributed by atoms with Crippen LogP contribution in [0.4, 0.5) is 5.69 Å². The van der Waals surface area contributed by atoms with E-state index in [2.05, 4.69) is 56.6 Å². The Kier molecular flexibility index (Phi) is 8.42. The Bertz CT molecular complexity index is 609. The molecule has 0 spiro atoms. The molecule has 0 radical (unpaired) electrons. The lowest BCUT2D eigenvalue weighted by molar-refractivity contribution is 0.0372. The van der Waals surface area contributed by atoms with Crippen molar-refractivity contribution in [3.05, 3.63) is 29.8 Å². The summed E-state index contributed by atoms with van der Waals surface area (Å²) in [6, 6.07) is 9.14. The van der Waals surface area contributed by atoms with Gasteiger partial charge in [0.05, 0.1) is 19.3 Å². The molecule has 1 aromatic carbocycles. The minimum absolute atomic E-state index is 0.224. The van der Waals surface area contributed by atoms with Gasteiger partial charge in [-0.05, 0) is 56.8 Å². The van der Waals surface area contributed by atoms with Crippen molar-refractivity contribution in [3.8, 4) is 0 Å². The van der Waals surface area contributed by atoms with Crippen molar-refractivity contribution in [2.24, 2.45) is 4.99 Å². The molecule has 0 amide bonds. The summed E-state index contributed by atoms with van der Waals surface area (Å²) in [5.41, 5.74) is 2.65. The van der Waals surface area contributed by atoms with E-state index in [1.54, 1.807) is 0 Å². The van der Waals surface area contributed by atoms with Crippen molar-refractivity contribution in [2.75, 3.05) is 64.4 Å². The number of ether oxygens (including phenoxy) is 1. The number of aliphatic imine (C=N–C) groups is 1. The monoisotopic (exact) mass is 387 g/mol. The first-order valence-corrected chi connectivity index (χ1v) is 10.9. The summed E-state index contributed by atoms with van der Waals surface area (Å²) in [5, 5.41) is 7.00. The zero-order valence-electron chi connectivity index (χ0n) is 17.6. The zero-order valence-corrected chi connectivity index (χ0v) is 17.6. The summed E-state index contributed by atoms with van der Waals surface area (Å²) < 4.78 is 5.40. The molecule has 3 rings (SSSR count). The van der Waals surface area contributed by atoms with E-state index in [0.29, 0.717) is 0 Å². The number of anilines is 1. The number of nitrogens with zero attached hydrogens (tertiary/aromatic N) is 3. The summed E-state index contributed by atoms with van der Waals surface area (Å²) in [6.07, 6.45) is 4.97. The Morgan fingerprint density at radius 1 is 1.14 bits per heavy atom. The molecule has 1 atom stereocenters. The summed E-state index contributed by atoms with van der Waals surface area (Å²) in [5.74, 6) is 0.880. The van der Waals surface area contributed by atoms with E-state index in [0.717, 1.165) is 51.8 Å². The van der Waals surface area contributed by atoms with Gasteiger partial charge in [0.15, 0.2) is 5.96 Å². The number of benzene rings is 1. The highest BCUT2D eigenvalue weighted by Gasteiger charge is 2.14. The average Bonchev–Trinajstić information content (AvgIpc) is 3.28. The van der Waals surface area contributed by atoms with E-state index in [1.807, 2.05) is 7.05 Å². The second-order valence-corrected chi connectivity index (χ2v) is 7.82. The number of guanidine groups is 1. The van der Waals surface area contributed by atoms with Crippen LogP contribution in [0, 0.1) is 0 Å². The summed E-state index contributed by atoms with van der Waals surface area (Å²) >= 11 is 0. The minimum Gasteiger partial charge on any atom is -0.379 e. The van der Waals surface area contributed by atoms with E-state index >= 15 is 0 Å². The maximum atomic E-state index is 5.40. The van der Waals surface area contributed by atoms with Crippen molar-refractivity contribution in [2.45, 2.75) is 38.6 Å². The molecule has 2 aliphatic rings. The van der Waals surface area contributed by atoms with E-state index in [9.17, 15) is 0 Å². The minimum atomic E-state index is 0.224. The number of rotatable bonds is 8. The first-order chi connectivity index (χ1) is 13.8. The Morgan fingerprint density at radius 3 is 2.68 bits per heavy atom. The second kappa shape index (κ2) is 11.3. The van der Waals surface area contributed by atoms with Crippen molar-refractivity contribution >= 4 is 11.6 Å². The fraction of sp³-hybridized carbons (Fsp3) is 0.682. The third-order valence-electron chi connectivity index (χ3n) is 5.72. The predicted molar refractivity (Wildman–Crippen MR) is 117 cm³/mol. The van der Waals surface area contributed by atoms with E-state index in [-0.39, 0.29) is 6.04 Å². The van der Waals surface area contributed by atoms with E-state index < -0.39 is 0 Å². The quantitative estimate of drug-likeness (QED) is 0.408. The van der Waals surface area contributed by atoms with Gasteiger partial charge in [0.25, 0.3) is 0 Å². The van der Waals surface area contributed by atoms with Crippen LogP contribution >= 0.6 is 0 Å². The molecular formula is C22H37N5O. The molecule has 6 heteroatoms. The van der Waals surface area contributed by atoms with Gasteiger partial charge in [-0.3, -0.25) is 9.89 Å². The lowest BCUT2D eigenvalue weighted by Gasteiger charge is -2.26. The Hall–Kier alpha value is -1.79. The van der Waals surface area contributed by atoms with E-state index in [4.69, 9.17) is 4.74 Å². The third kappa shape index (κ3) is 6.38. The standard InChI is InChI=1S/C22H37N5O/c1-19(20-8-7-9-21(18-20)27-12-5-6-13-27)25-22(23-2)24-10-3-4-11-26-14-16-28-17-15-26/h7-9,18-19H,3-6,10-17H2,1-2H3,(H2,23,24,25). The van der Waals surface area contributed by atoms with Gasteiger partial charge >= 0.3 is 0 Å². The number of nitrogens with one attached hydrogen (secondary N) is 2. The van der Waals surface area contributed by atoms with Gasteiger partial charge in [-0.25, -0.2) is 0 Å². The first kappa shape index (κ1) is 20.9. The molecular weight excluding hydrogens is 350 g/mol. The number of hydrogen-bond donors (Lipinski definition) is 2. The van der Waals surface area contributed by atoms with Crippen LogP contribution in [-0.2, 0) is 4.74 Å². The summed E-state index contributed by atoms with van der Waals surface area (Å²) in [6.45, 7) is 10.6. The van der Waals surface area contributed by atoms with Gasteiger partial charge in [-0.15, -0.1) is 0 Å². The van der Waals surface area contributed by atoms with Crippen LogP contribution in [0.3, 0.4) is 0 Å². The number of unbranched alkanes of at least 4 members (excludes halogenated alkanes) is 1. The molecule has 0 saturated carbocycles. The summed E-state index contributed by atoms with van der Waals surface area (Å²) in [7, 11) is 1.84. The molecule has 2 aliphatic heterocycles. The van der Waals surface area contributed by atoms with E-state index in [1.165, 1.54) is 43.6 Å². The molecule has 0 aliphatic carbocycles. The normalized spacial score (nSPS) is 19.6. The average molecular weight is 388 g/mol. The maximum Gasteiger partial charge on any atom is 0.191 e. The van der Waals surface area contributed by atoms with Crippen LogP contribution in [0.25, 0.3) is 0 Å². The number of hydrogen-bond acceptors (Lipinski definition) is 4. The highest BCUT2D eigenvalue weighted by molar-refractivity contribution is 5.80. The Balaban J connectivity index is 1.39. The predicted octanol–water partition coefficient (Wildman–Crippen LogP) is 2.63. The van der Waals surface area contributed by atoms with Crippen LogP contribution in [0.1, 0.15) is 44.2 Å². The fourth-order valence-corrected chi connectivity index (χ4v) is 3.94. The molecule has 156 valence electrons. The Morgan fingerprint density at radius 2 is 1.93 bits per heavy atom. The van der Waals surface area contributed by atoms with Crippen LogP contribution < -0.4 is 15.5 Å². The van der Waals surface area contributed by atoms with Crippen LogP contribution in [0.15, 0.2) is 29.3 Å². The van der Waals surface area contributed by atoms with Gasteiger partial charge in [-0.1, -0.05) is 12.1 Å². The van der Waals surface area contributed by atoms with Crippen molar-refractivity contribution in [1.29, 1.82) is 0 Å². The van der Waals surface area contributed by atoms with Gasteiger partial charge < -0.3 is 20.3 Å². The lowest BCUT2D eigenvalue weighted by atomic mass is 10.1. The van der Waals surface area contributed by atoms with Crippen LogP contribution in [-0.4, -0.2) is 70.4 Å². The molecule has 2 N–H and O–H groups in total. The molecule has 6 nitrogen and oxygen atoms in total. The molecule has 0 aromatic heterocycles. The van der Waals surface area contributed by atoms with Gasteiger partial charge in [0.2, 0.25) is 0 Å². The lowest BCUT2D eigenvalue weighted by Crippen LogP contribution is -2.40. The molecule has 1 unspecified atom stereocenters. The molecule has 2 fully saturated rings. The third-order valence-corrected chi connectivity index (χ3v) is 5.72. The largest absolute Gasteiger partial charge is 0.379 e. The number of morpholine rings is 1. The fourth-order valence-electron chi connectivity index (χ4n) is 3.94. The van der Waals surface area contributed by atoms with Crippen molar-refractivity contribution in [3.63, 3.8) is 0 Å². The highest BCUT2D eigenvalue weighted by Crippen LogP contribution is 2.23. The van der Waals surface area contributed by atoms with Crippen molar-refractivity contribution in [1.82, 2.24) is 15.5 Å². The van der Waals surface area contributed by atoms with Gasteiger partial charge in [-0.2, -0.15) is 0 Å². The molecule has 28 heavy (non-hydrogen) atoms. The maximum absolute atomic E-state index is 5.40. The first-order valence-electron chi connectivity index (χ1n) is 10.9. The Labute approximate surface area is 170 Å². The van der Waals surface area contributed by atoms with Crippen LogP contribution in [0.2, 0.25) is 0 Å².